The Morgan fingerprint density at radius 3 is 2.34 bits per heavy atom. The first-order chi connectivity index (χ1) is 15.6. The van der Waals surface area contributed by atoms with Gasteiger partial charge in [0, 0.05) is 35.8 Å². The first kappa shape index (κ1) is 20.6. The van der Waals surface area contributed by atoms with Crippen LogP contribution in [0.25, 0.3) is 17.2 Å². The number of nitrogen functional groups attached to an aromatic ring is 1. The van der Waals surface area contributed by atoms with Gasteiger partial charge < -0.3 is 21.6 Å². The molecule has 7 nitrogen and oxygen atoms in total. The summed E-state index contributed by atoms with van der Waals surface area (Å²) in [5.41, 5.74) is 10.8. The topological polar surface area (TPSA) is 107 Å². The van der Waals surface area contributed by atoms with Crippen LogP contribution >= 0.6 is 0 Å². The lowest BCUT2D eigenvalue weighted by Gasteiger charge is -2.10. The van der Waals surface area contributed by atoms with Crippen molar-refractivity contribution in [1.29, 1.82) is 0 Å². The van der Waals surface area contributed by atoms with Gasteiger partial charge in [-0.2, -0.15) is 4.73 Å². The monoisotopic (exact) mass is 423 g/mol. The summed E-state index contributed by atoms with van der Waals surface area (Å²) in [6.45, 7) is 0. The number of benzene rings is 2. The van der Waals surface area contributed by atoms with Crippen molar-refractivity contribution in [2.75, 3.05) is 16.4 Å². The Balaban J connectivity index is 1.47. The molecule has 0 radical (unpaired) electrons. The average molecular weight is 423 g/mol. The number of anilines is 4. The molecule has 0 unspecified atom stereocenters. The maximum Gasteiger partial charge on any atom is 0.248 e. The number of nitrogens with zero attached hydrogens (tertiary/aromatic N) is 2. The van der Waals surface area contributed by atoms with Crippen LogP contribution in [0, 0.1) is 5.21 Å². The van der Waals surface area contributed by atoms with Gasteiger partial charge in [0.15, 0.2) is 18.2 Å². The number of rotatable bonds is 6. The van der Waals surface area contributed by atoms with E-state index in [9.17, 15) is 10.0 Å². The quantitative estimate of drug-likeness (QED) is 0.243. The molecule has 0 aliphatic rings. The number of pyridine rings is 2. The molecule has 0 aliphatic heterocycles. The van der Waals surface area contributed by atoms with Crippen molar-refractivity contribution >= 4 is 34.9 Å². The molecular formula is C25H21N5O2. The van der Waals surface area contributed by atoms with Gasteiger partial charge in [-0.3, -0.25) is 4.79 Å². The maximum absolute atomic E-state index is 12.3. The van der Waals surface area contributed by atoms with Crippen molar-refractivity contribution in [3.8, 4) is 11.1 Å². The van der Waals surface area contributed by atoms with Gasteiger partial charge in [-0.25, -0.2) is 4.98 Å². The van der Waals surface area contributed by atoms with Gasteiger partial charge in [-0.1, -0.05) is 24.3 Å². The number of aromatic nitrogens is 2. The molecule has 0 spiro atoms. The fourth-order valence-corrected chi connectivity index (χ4v) is 3.10. The lowest BCUT2D eigenvalue weighted by molar-refractivity contribution is -0.605. The fraction of sp³-hybridized carbons (Fsp3) is 0. The number of hydrogen-bond donors (Lipinski definition) is 3. The van der Waals surface area contributed by atoms with E-state index in [0.717, 1.165) is 22.4 Å². The maximum atomic E-state index is 12.3. The first-order valence-electron chi connectivity index (χ1n) is 9.93. The van der Waals surface area contributed by atoms with Crippen molar-refractivity contribution in [2.45, 2.75) is 0 Å². The fourth-order valence-electron chi connectivity index (χ4n) is 3.10. The molecule has 0 fully saturated rings. The highest BCUT2D eigenvalue weighted by Crippen LogP contribution is 2.27. The zero-order chi connectivity index (χ0) is 22.3. The first-order valence-corrected chi connectivity index (χ1v) is 9.93. The molecule has 2 aromatic carbocycles. The number of nitrogens with two attached hydrogens (primary N) is 1. The van der Waals surface area contributed by atoms with Crippen LogP contribution in [0.1, 0.15) is 5.56 Å². The highest BCUT2D eigenvalue weighted by molar-refractivity contribution is 6.02. The summed E-state index contributed by atoms with van der Waals surface area (Å²) >= 11 is 0. The summed E-state index contributed by atoms with van der Waals surface area (Å²) < 4.78 is 0.693. The molecule has 158 valence electrons. The second-order valence-electron chi connectivity index (χ2n) is 7.04. The normalized spacial score (nSPS) is 10.8. The molecular weight excluding hydrogens is 402 g/mol. The van der Waals surface area contributed by atoms with Crippen molar-refractivity contribution in [2.24, 2.45) is 0 Å². The van der Waals surface area contributed by atoms with Crippen molar-refractivity contribution in [1.82, 2.24) is 4.98 Å². The van der Waals surface area contributed by atoms with Gasteiger partial charge >= 0.3 is 0 Å². The summed E-state index contributed by atoms with van der Waals surface area (Å²) in [5, 5.41) is 17.2. The third-order valence-corrected chi connectivity index (χ3v) is 4.68. The Hall–Kier alpha value is -4.65. The Morgan fingerprint density at radius 2 is 1.62 bits per heavy atom. The van der Waals surface area contributed by atoms with Gasteiger partial charge in [0.05, 0.1) is 5.69 Å². The van der Waals surface area contributed by atoms with E-state index < -0.39 is 0 Å². The van der Waals surface area contributed by atoms with Crippen molar-refractivity contribution < 1.29 is 9.52 Å². The summed E-state index contributed by atoms with van der Waals surface area (Å²) in [7, 11) is 0. The van der Waals surface area contributed by atoms with Crippen LogP contribution in [-0.2, 0) is 4.79 Å². The Labute approximate surface area is 185 Å². The van der Waals surface area contributed by atoms with E-state index in [1.165, 1.54) is 18.5 Å². The van der Waals surface area contributed by atoms with Crippen LogP contribution in [0.3, 0.4) is 0 Å². The van der Waals surface area contributed by atoms with Crippen LogP contribution in [0.4, 0.5) is 22.9 Å². The molecule has 4 N–H and O–H groups in total. The van der Waals surface area contributed by atoms with Crippen LogP contribution in [0.2, 0.25) is 0 Å². The average Bonchev–Trinajstić information content (AvgIpc) is 2.81. The third-order valence-electron chi connectivity index (χ3n) is 4.68. The van der Waals surface area contributed by atoms with Crippen molar-refractivity contribution in [3.05, 3.63) is 108 Å². The molecule has 0 aliphatic carbocycles. The standard InChI is InChI=1S/C25H21N5O2/c26-23-8-3-13-27-25(23)29-22-7-2-5-20(17-22)19-4-1-6-21(16-19)28-24(31)10-9-18-11-14-30(32)15-12-18/h1-17H,26H2,(H,27,29)(H,28,31)/b10-9+. The van der Waals surface area contributed by atoms with E-state index in [1.807, 2.05) is 48.5 Å². The molecule has 4 rings (SSSR count). The second kappa shape index (κ2) is 9.44. The molecule has 2 heterocycles. The minimum absolute atomic E-state index is 0.262. The van der Waals surface area contributed by atoms with E-state index in [2.05, 4.69) is 15.6 Å². The highest BCUT2D eigenvalue weighted by Gasteiger charge is 2.05. The zero-order valence-corrected chi connectivity index (χ0v) is 17.1. The van der Waals surface area contributed by atoms with Gasteiger partial charge in [-0.15, -0.1) is 0 Å². The second-order valence-corrected chi connectivity index (χ2v) is 7.04. The number of amides is 1. The molecule has 0 atom stereocenters. The van der Waals surface area contributed by atoms with E-state index in [1.54, 1.807) is 36.5 Å². The molecule has 32 heavy (non-hydrogen) atoms. The lowest BCUT2D eigenvalue weighted by Crippen LogP contribution is -2.23. The summed E-state index contributed by atoms with van der Waals surface area (Å²) in [5.74, 6) is 0.336. The summed E-state index contributed by atoms with van der Waals surface area (Å²) in [6.07, 6.45) is 7.52. The van der Waals surface area contributed by atoms with E-state index in [4.69, 9.17) is 5.73 Å². The van der Waals surface area contributed by atoms with Crippen LogP contribution in [-0.4, -0.2) is 10.9 Å². The lowest BCUT2D eigenvalue weighted by atomic mass is 10.0. The zero-order valence-electron chi connectivity index (χ0n) is 17.1. The molecule has 7 heteroatoms. The van der Waals surface area contributed by atoms with E-state index in [0.29, 0.717) is 21.9 Å². The highest BCUT2D eigenvalue weighted by atomic mass is 16.5. The SMILES string of the molecule is Nc1cccnc1Nc1cccc(-c2cccc(NC(=O)/C=C/c3cc[n+]([O-])cc3)c2)c1. The van der Waals surface area contributed by atoms with Crippen LogP contribution in [0.15, 0.2) is 97.5 Å². The Bertz CT molecular complexity index is 1270. The smallest absolute Gasteiger partial charge is 0.248 e. The number of carbonyl (C=O) groups is 1. The molecule has 0 bridgehead atoms. The summed E-state index contributed by atoms with van der Waals surface area (Å²) in [6, 6.07) is 22.3. The van der Waals surface area contributed by atoms with Gasteiger partial charge in [-0.05, 0) is 59.2 Å². The van der Waals surface area contributed by atoms with Gasteiger partial charge in [0.2, 0.25) is 5.91 Å². The van der Waals surface area contributed by atoms with E-state index in [-0.39, 0.29) is 5.91 Å². The predicted octanol–water partition coefficient (Wildman–Crippen LogP) is 4.36. The minimum Gasteiger partial charge on any atom is -0.619 e. The van der Waals surface area contributed by atoms with Gasteiger partial charge in [0.1, 0.15) is 0 Å². The summed E-state index contributed by atoms with van der Waals surface area (Å²) in [4.78, 5) is 16.6. The Kier molecular flexibility index (Phi) is 6.08. The molecule has 0 saturated carbocycles. The van der Waals surface area contributed by atoms with Crippen LogP contribution < -0.4 is 21.1 Å². The largest absolute Gasteiger partial charge is 0.619 e. The minimum atomic E-state index is -0.262. The predicted molar refractivity (Wildman–Crippen MR) is 127 cm³/mol. The van der Waals surface area contributed by atoms with Crippen LogP contribution in [0.5, 0.6) is 0 Å². The number of carbonyl (C=O) groups excluding carboxylic acids is 1. The van der Waals surface area contributed by atoms with Crippen molar-refractivity contribution in [3.63, 3.8) is 0 Å². The Morgan fingerprint density at radius 1 is 0.938 bits per heavy atom. The number of hydrogen-bond acceptors (Lipinski definition) is 5. The third kappa shape index (κ3) is 5.28. The molecule has 0 saturated heterocycles. The van der Waals surface area contributed by atoms with Gasteiger partial charge in [0.25, 0.3) is 0 Å². The molecule has 2 aromatic heterocycles. The van der Waals surface area contributed by atoms with E-state index >= 15 is 0 Å². The number of nitrogens with one attached hydrogen (secondary N) is 2. The molecule has 1 amide bonds. The molecule has 4 aromatic rings.